The Morgan fingerprint density at radius 3 is 1.91 bits per heavy atom. The molecule has 0 spiro atoms. The van der Waals surface area contributed by atoms with E-state index in [1.807, 2.05) is 37.3 Å². The van der Waals surface area contributed by atoms with Crippen LogP contribution in [-0.2, 0) is 4.74 Å². The second-order valence-electron chi connectivity index (χ2n) is 4.53. The monoisotopic (exact) mass is 334 g/mol. The molecule has 130 valence electrons. The van der Waals surface area contributed by atoms with Crippen molar-refractivity contribution in [2.24, 2.45) is 0 Å². The van der Waals surface area contributed by atoms with Gasteiger partial charge in [-0.15, -0.1) is 20.2 Å². The molecule has 1 aromatic carbocycles. The maximum absolute atomic E-state index is 9.71. The molecule has 0 amide bonds. The van der Waals surface area contributed by atoms with Crippen molar-refractivity contribution in [3.05, 3.63) is 56.1 Å². The van der Waals surface area contributed by atoms with Crippen LogP contribution >= 0.6 is 0 Å². The van der Waals surface area contributed by atoms with E-state index in [2.05, 4.69) is 0 Å². The van der Waals surface area contributed by atoms with E-state index in [0.717, 1.165) is 5.56 Å². The number of rotatable bonds is 2. The Morgan fingerprint density at radius 1 is 1.13 bits per heavy atom. The van der Waals surface area contributed by atoms with E-state index < -0.39 is 22.4 Å². The quantitative estimate of drug-likeness (QED) is 0.435. The van der Waals surface area contributed by atoms with Crippen molar-refractivity contribution in [2.75, 3.05) is 6.61 Å². The van der Waals surface area contributed by atoms with Crippen molar-refractivity contribution in [3.63, 3.8) is 0 Å². The van der Waals surface area contributed by atoms with Gasteiger partial charge >= 0.3 is 0 Å². The number of hydrogen-bond donors (Lipinski definition) is 4. The van der Waals surface area contributed by atoms with E-state index in [4.69, 9.17) is 35.4 Å². The van der Waals surface area contributed by atoms with Gasteiger partial charge in [-0.05, 0) is 5.56 Å². The molecule has 0 radical (unpaired) electrons. The highest BCUT2D eigenvalue weighted by atomic mass is 16.9. The van der Waals surface area contributed by atoms with Gasteiger partial charge in [0.15, 0.2) is 0 Å². The van der Waals surface area contributed by atoms with E-state index in [9.17, 15) is 10.2 Å². The minimum atomic E-state index is -1.50. The summed E-state index contributed by atoms with van der Waals surface area (Å²) in [6, 6.07) is 9.89. The van der Waals surface area contributed by atoms with Crippen LogP contribution in [0.25, 0.3) is 0 Å². The Hall–Kier alpha value is -2.50. The Kier molecular flexibility index (Phi) is 9.15. The summed E-state index contributed by atoms with van der Waals surface area (Å²) in [5.41, 5.74) is 1.12. The van der Waals surface area contributed by atoms with E-state index in [1.54, 1.807) is 0 Å². The van der Waals surface area contributed by atoms with Crippen molar-refractivity contribution in [2.45, 2.75) is 31.2 Å². The predicted octanol–water partition coefficient (Wildman–Crippen LogP) is 0.215. The van der Waals surface area contributed by atoms with Crippen molar-refractivity contribution >= 4 is 0 Å². The summed E-state index contributed by atoms with van der Waals surface area (Å²) >= 11 is 0. The van der Waals surface area contributed by atoms with Gasteiger partial charge in [0.2, 0.25) is 0 Å². The number of hydrogen-bond acceptors (Lipinski definition) is 7. The molecule has 11 heteroatoms. The van der Waals surface area contributed by atoms with E-state index in [1.165, 1.54) is 0 Å². The molecule has 0 bridgehead atoms. The van der Waals surface area contributed by atoms with Crippen LogP contribution in [0.1, 0.15) is 18.4 Å². The van der Waals surface area contributed by atoms with Gasteiger partial charge in [0.25, 0.3) is 10.2 Å². The van der Waals surface area contributed by atoms with Crippen LogP contribution in [0.4, 0.5) is 0 Å². The molecular weight excluding hydrogens is 316 g/mol. The Labute approximate surface area is 130 Å². The smallest absolute Gasteiger partial charge is 0.291 e. The fraction of sp³-hybridized carbons (Fsp3) is 0.500. The van der Waals surface area contributed by atoms with Gasteiger partial charge in [0, 0.05) is 5.92 Å². The lowest BCUT2D eigenvalue weighted by molar-refractivity contribution is -0.742. The first-order valence-electron chi connectivity index (χ1n) is 6.36. The third-order valence-corrected chi connectivity index (χ3v) is 3.01. The molecule has 4 N–H and O–H groups in total. The number of nitrogens with zero attached hydrogens (tertiary/aromatic N) is 2. The molecule has 0 aliphatic carbocycles. The van der Waals surface area contributed by atoms with Gasteiger partial charge in [-0.3, -0.25) is 0 Å². The average Bonchev–Trinajstić information content (AvgIpc) is 2.78. The lowest BCUT2D eigenvalue weighted by Gasteiger charge is -2.22. The first-order chi connectivity index (χ1) is 10.7. The Bertz CT molecular complexity index is 465. The van der Waals surface area contributed by atoms with Crippen LogP contribution in [0.3, 0.4) is 0 Å². The molecule has 4 atom stereocenters. The summed E-state index contributed by atoms with van der Waals surface area (Å²) in [5.74, 6) is 0.0957. The lowest BCUT2D eigenvalue weighted by atomic mass is 9.92. The molecule has 11 nitrogen and oxygen atoms in total. The molecule has 1 saturated heterocycles. The molecule has 2 rings (SSSR count). The van der Waals surface area contributed by atoms with Gasteiger partial charge in [-0.2, -0.15) is 0 Å². The van der Waals surface area contributed by atoms with Crippen molar-refractivity contribution < 1.29 is 35.5 Å². The molecule has 4 unspecified atom stereocenters. The molecule has 23 heavy (non-hydrogen) atoms. The van der Waals surface area contributed by atoms with Gasteiger partial charge in [-0.1, -0.05) is 37.3 Å². The molecule has 1 aromatic rings. The topological polar surface area (TPSA) is 176 Å². The summed E-state index contributed by atoms with van der Waals surface area (Å²) in [6.45, 7) is 2.23. The van der Waals surface area contributed by atoms with Crippen molar-refractivity contribution in [1.82, 2.24) is 0 Å². The predicted molar refractivity (Wildman–Crippen MR) is 74.2 cm³/mol. The molecule has 0 saturated carbocycles. The van der Waals surface area contributed by atoms with Crippen LogP contribution in [0.5, 0.6) is 0 Å². The van der Waals surface area contributed by atoms with Crippen LogP contribution < -0.4 is 0 Å². The minimum Gasteiger partial charge on any atom is -0.388 e. The highest BCUT2D eigenvalue weighted by Gasteiger charge is 2.38. The van der Waals surface area contributed by atoms with E-state index in [-0.39, 0.29) is 18.6 Å². The highest BCUT2D eigenvalue weighted by molar-refractivity contribution is 5.21. The Morgan fingerprint density at radius 2 is 1.57 bits per heavy atom. The summed E-state index contributed by atoms with van der Waals surface area (Å²) < 4.78 is 5.39. The third-order valence-electron chi connectivity index (χ3n) is 3.01. The van der Waals surface area contributed by atoms with Crippen molar-refractivity contribution in [1.29, 1.82) is 0 Å². The zero-order valence-electron chi connectivity index (χ0n) is 12.1. The van der Waals surface area contributed by atoms with Crippen LogP contribution in [0.15, 0.2) is 30.3 Å². The van der Waals surface area contributed by atoms with Gasteiger partial charge in [-0.25, -0.2) is 0 Å². The fourth-order valence-corrected chi connectivity index (χ4v) is 2.01. The summed E-state index contributed by atoms with van der Waals surface area (Å²) in [5, 5.41) is 46.4. The average molecular weight is 334 g/mol. The second kappa shape index (κ2) is 10.3. The SMILES string of the molecule is CC(c1ccccc1)C1OCC(O)C1O.O=[N+]([O-])O.O=[N+]([O-])O. The fourth-order valence-electron chi connectivity index (χ4n) is 2.01. The first-order valence-corrected chi connectivity index (χ1v) is 6.36. The summed E-state index contributed by atoms with van der Waals surface area (Å²) in [7, 11) is 0. The highest BCUT2D eigenvalue weighted by Crippen LogP contribution is 2.28. The largest absolute Gasteiger partial charge is 0.388 e. The molecular formula is C12H18N2O9. The number of aliphatic hydroxyl groups is 2. The minimum absolute atomic E-state index is 0.0957. The lowest BCUT2D eigenvalue weighted by Crippen LogP contribution is -2.33. The van der Waals surface area contributed by atoms with Crippen LogP contribution in [0, 0.1) is 20.2 Å². The first kappa shape index (κ1) is 20.5. The van der Waals surface area contributed by atoms with E-state index >= 15 is 0 Å². The van der Waals surface area contributed by atoms with Gasteiger partial charge in [0.1, 0.15) is 12.2 Å². The molecule has 1 aliphatic heterocycles. The van der Waals surface area contributed by atoms with Crippen molar-refractivity contribution in [3.8, 4) is 0 Å². The van der Waals surface area contributed by atoms with Crippen LogP contribution in [-0.4, -0.2) is 55.7 Å². The molecule has 1 heterocycles. The van der Waals surface area contributed by atoms with Gasteiger partial charge < -0.3 is 25.4 Å². The molecule has 1 aliphatic rings. The Balaban J connectivity index is 0.000000509. The second-order valence-corrected chi connectivity index (χ2v) is 4.53. The van der Waals surface area contributed by atoms with Crippen LogP contribution in [0.2, 0.25) is 0 Å². The zero-order chi connectivity index (χ0) is 18.0. The number of aliphatic hydroxyl groups excluding tert-OH is 2. The maximum Gasteiger partial charge on any atom is 0.291 e. The number of ether oxygens (including phenoxy) is 1. The molecule has 0 aromatic heterocycles. The van der Waals surface area contributed by atoms with E-state index in [0.29, 0.717) is 0 Å². The van der Waals surface area contributed by atoms with Gasteiger partial charge in [0.05, 0.1) is 12.7 Å². The zero-order valence-corrected chi connectivity index (χ0v) is 12.1. The number of benzene rings is 1. The molecule has 1 fully saturated rings. The maximum atomic E-state index is 9.71. The standard InChI is InChI=1S/C12H16O3.2HNO3/c1-8(9-5-3-2-4-6-9)12-11(14)10(13)7-15-12;2*2-1(3)4/h2-6,8,10-14H,7H2,1H3;2*(H,2,3,4). The third kappa shape index (κ3) is 8.50. The summed E-state index contributed by atoms with van der Waals surface area (Å²) in [6.07, 6.45) is -1.83. The summed E-state index contributed by atoms with van der Waals surface area (Å²) in [4.78, 5) is 16.7. The normalized spacial score (nSPS) is 23.5.